The highest BCUT2D eigenvalue weighted by atomic mass is 35.5. The van der Waals surface area contributed by atoms with Crippen LogP contribution in [0.3, 0.4) is 0 Å². The molecule has 4 fully saturated rings. The average molecular weight is 602 g/mol. The summed E-state index contributed by atoms with van der Waals surface area (Å²) in [5, 5.41) is -1.08. The number of carbonyl (C=O) groups excluding carboxylic acids is 1. The van der Waals surface area contributed by atoms with E-state index >= 15 is 4.39 Å². The number of sulfonamides is 1. The zero-order valence-corrected chi connectivity index (χ0v) is 23.0. The molecule has 3 heterocycles. The van der Waals surface area contributed by atoms with Crippen LogP contribution in [-0.2, 0) is 22.7 Å². The molecule has 1 amide bonds. The van der Waals surface area contributed by atoms with Gasteiger partial charge in [0, 0.05) is 24.7 Å². The zero-order chi connectivity index (χ0) is 28.4. The number of carbonyl (C=O) groups is 1. The van der Waals surface area contributed by atoms with Crippen molar-refractivity contribution in [1.29, 1.82) is 0 Å². The predicted molar refractivity (Wildman–Crippen MR) is 138 cm³/mol. The van der Waals surface area contributed by atoms with Gasteiger partial charge in [-0.25, -0.2) is 22.5 Å². The molecular weight excluding hydrogens is 574 g/mol. The van der Waals surface area contributed by atoms with Crippen molar-refractivity contribution in [2.24, 2.45) is 0 Å². The van der Waals surface area contributed by atoms with E-state index in [-0.39, 0.29) is 35.5 Å². The molecule has 2 aromatic rings. The number of nitrogens with zero attached hydrogens (tertiary/aromatic N) is 2. The summed E-state index contributed by atoms with van der Waals surface area (Å²) in [6, 6.07) is 3.88. The molecule has 7 nitrogen and oxygen atoms in total. The molecule has 1 N–H and O–H groups in total. The van der Waals surface area contributed by atoms with Gasteiger partial charge in [-0.15, -0.1) is 0 Å². The summed E-state index contributed by atoms with van der Waals surface area (Å²) in [5.41, 5.74) is 0.375. The fourth-order valence-corrected chi connectivity index (χ4v) is 7.51. The van der Waals surface area contributed by atoms with E-state index in [9.17, 15) is 26.4 Å². The molecule has 3 atom stereocenters. The third-order valence-corrected chi connectivity index (χ3v) is 10.4. The maximum absolute atomic E-state index is 15.2. The van der Waals surface area contributed by atoms with Crippen LogP contribution in [0.1, 0.15) is 84.3 Å². The largest absolute Gasteiger partial charge is 0.474 e. The van der Waals surface area contributed by atoms with Crippen molar-refractivity contribution in [2.75, 3.05) is 0 Å². The van der Waals surface area contributed by atoms with Gasteiger partial charge in [-0.1, -0.05) is 11.6 Å². The maximum atomic E-state index is 15.2. The Morgan fingerprint density at radius 3 is 2.35 bits per heavy atom. The lowest BCUT2D eigenvalue weighted by Crippen LogP contribution is -2.46. The number of nitrogens with one attached hydrogen (secondary N) is 1. The normalized spacial score (nSPS) is 25.2. The summed E-state index contributed by atoms with van der Waals surface area (Å²) in [5.74, 6) is -1.63. The molecule has 2 saturated heterocycles. The number of pyridine rings is 1. The summed E-state index contributed by atoms with van der Waals surface area (Å²) < 4.78 is 87.2. The van der Waals surface area contributed by atoms with Crippen molar-refractivity contribution in [2.45, 2.75) is 93.4 Å². The number of fused-ring (bicyclic) bond motifs is 2. The van der Waals surface area contributed by atoms with E-state index in [0.717, 1.165) is 49.1 Å². The SMILES string of the molecule is O=C(NS(=O)(=O)C1CC1)c1cc(C2CC2)c(CN2[C@@H]3CC[C@H]2C[C@@H](Oc2cc(C(F)(F)F)c(Cl)cn2)C3)cc1F. The quantitative estimate of drug-likeness (QED) is 0.398. The Labute approximate surface area is 234 Å². The molecule has 0 unspecified atom stereocenters. The van der Waals surface area contributed by atoms with E-state index in [4.69, 9.17) is 16.3 Å². The van der Waals surface area contributed by atoms with Gasteiger partial charge in [-0.2, -0.15) is 13.2 Å². The van der Waals surface area contributed by atoms with Crippen molar-refractivity contribution in [3.8, 4) is 5.88 Å². The molecule has 0 radical (unpaired) electrons. The smallest absolute Gasteiger partial charge is 0.418 e. The molecule has 2 aliphatic carbocycles. The minimum atomic E-state index is -4.61. The lowest BCUT2D eigenvalue weighted by Gasteiger charge is -2.39. The number of benzene rings is 1. The molecule has 2 saturated carbocycles. The number of rotatable bonds is 8. The minimum Gasteiger partial charge on any atom is -0.474 e. The number of aromatic nitrogens is 1. The van der Waals surface area contributed by atoms with Gasteiger partial charge in [0.1, 0.15) is 11.9 Å². The Balaban J connectivity index is 1.16. The van der Waals surface area contributed by atoms with Crippen LogP contribution in [0.4, 0.5) is 17.6 Å². The first-order valence-corrected chi connectivity index (χ1v) is 15.3. The van der Waals surface area contributed by atoms with Crippen LogP contribution >= 0.6 is 11.6 Å². The zero-order valence-electron chi connectivity index (χ0n) is 21.4. The Morgan fingerprint density at radius 2 is 1.75 bits per heavy atom. The van der Waals surface area contributed by atoms with Crippen molar-refractivity contribution >= 4 is 27.5 Å². The molecule has 13 heteroatoms. The van der Waals surface area contributed by atoms with Gasteiger partial charge in [0.25, 0.3) is 5.91 Å². The van der Waals surface area contributed by atoms with Gasteiger partial charge in [0.15, 0.2) is 0 Å². The molecule has 2 aliphatic heterocycles. The van der Waals surface area contributed by atoms with Crippen LogP contribution in [0.15, 0.2) is 24.4 Å². The van der Waals surface area contributed by atoms with E-state index in [2.05, 4.69) is 9.88 Å². The summed E-state index contributed by atoms with van der Waals surface area (Å²) in [6.45, 7) is 0.463. The van der Waals surface area contributed by atoms with Crippen molar-refractivity contribution in [3.05, 3.63) is 57.5 Å². The van der Waals surface area contributed by atoms with Gasteiger partial charge < -0.3 is 4.74 Å². The number of piperidine rings is 1. The van der Waals surface area contributed by atoms with Crippen molar-refractivity contribution in [1.82, 2.24) is 14.6 Å². The van der Waals surface area contributed by atoms with Crippen LogP contribution < -0.4 is 9.46 Å². The predicted octanol–water partition coefficient (Wildman–Crippen LogP) is 5.57. The molecule has 1 aromatic carbocycles. The lowest BCUT2D eigenvalue weighted by atomic mass is 9.95. The van der Waals surface area contributed by atoms with Crippen LogP contribution in [0.25, 0.3) is 0 Å². The van der Waals surface area contributed by atoms with E-state index in [1.54, 1.807) is 0 Å². The number of hydrogen-bond donors (Lipinski definition) is 1. The van der Waals surface area contributed by atoms with Crippen LogP contribution in [0.5, 0.6) is 5.88 Å². The standard InChI is InChI=1S/C27H28ClF4N3O4S/c28-23-12-33-25(11-22(23)27(30,31)32)39-18-8-16-3-4-17(9-18)35(16)13-15-7-24(29)21(10-20(15)14-1-2-14)26(36)34-40(37,38)19-5-6-19/h7,10-12,14,16-19H,1-6,8-9,13H2,(H,34,36)/t16-,17+,18+. The van der Waals surface area contributed by atoms with Gasteiger partial charge >= 0.3 is 6.18 Å². The Hall–Kier alpha value is -2.44. The number of halogens is 5. The van der Waals surface area contributed by atoms with E-state index in [0.29, 0.717) is 32.2 Å². The second-order valence-corrected chi connectivity index (χ2v) is 13.6. The third kappa shape index (κ3) is 5.67. The van der Waals surface area contributed by atoms with Crippen molar-refractivity contribution < 1.29 is 35.5 Å². The Morgan fingerprint density at radius 1 is 1.07 bits per heavy atom. The number of amides is 1. The number of alkyl halides is 3. The Bertz CT molecular complexity index is 1430. The first kappa shape index (κ1) is 27.7. The summed E-state index contributed by atoms with van der Waals surface area (Å²) in [6.07, 6.45) is 1.76. The summed E-state index contributed by atoms with van der Waals surface area (Å²) in [4.78, 5) is 18.9. The lowest BCUT2D eigenvalue weighted by molar-refractivity contribution is -0.137. The van der Waals surface area contributed by atoms with Crippen molar-refractivity contribution in [3.63, 3.8) is 0 Å². The highest BCUT2D eigenvalue weighted by Crippen LogP contribution is 2.45. The minimum absolute atomic E-state index is 0.0971. The molecule has 4 aliphatic rings. The Kier molecular flexibility index (Phi) is 7.02. The fraction of sp³-hybridized carbons (Fsp3) is 0.556. The second kappa shape index (κ2) is 10.1. The van der Waals surface area contributed by atoms with Gasteiger partial charge in [0.2, 0.25) is 15.9 Å². The van der Waals surface area contributed by atoms with Gasteiger partial charge in [-0.05, 0) is 80.5 Å². The highest BCUT2D eigenvalue weighted by Gasteiger charge is 2.43. The van der Waals surface area contributed by atoms with Gasteiger partial charge in [0.05, 0.1) is 27.6 Å². The highest BCUT2D eigenvalue weighted by molar-refractivity contribution is 7.91. The third-order valence-electron chi connectivity index (χ3n) is 8.31. The maximum Gasteiger partial charge on any atom is 0.418 e. The fourth-order valence-electron chi connectivity index (χ4n) is 6.01. The topological polar surface area (TPSA) is 88.6 Å². The van der Waals surface area contributed by atoms with E-state index in [1.165, 1.54) is 12.1 Å². The molecule has 216 valence electrons. The summed E-state index contributed by atoms with van der Waals surface area (Å²) in [7, 11) is -3.80. The monoisotopic (exact) mass is 601 g/mol. The molecule has 1 aromatic heterocycles. The summed E-state index contributed by atoms with van der Waals surface area (Å²) >= 11 is 5.68. The van der Waals surface area contributed by atoms with Crippen LogP contribution in [-0.4, -0.2) is 47.6 Å². The van der Waals surface area contributed by atoms with E-state index in [1.807, 2.05) is 4.72 Å². The molecular formula is C27H28ClF4N3O4S. The first-order valence-electron chi connectivity index (χ1n) is 13.4. The number of hydrogen-bond acceptors (Lipinski definition) is 6. The first-order chi connectivity index (χ1) is 18.9. The van der Waals surface area contributed by atoms with Gasteiger partial charge in [-0.3, -0.25) is 9.69 Å². The molecule has 40 heavy (non-hydrogen) atoms. The molecule has 0 spiro atoms. The van der Waals surface area contributed by atoms with Crippen LogP contribution in [0.2, 0.25) is 5.02 Å². The second-order valence-electron chi connectivity index (χ2n) is 11.2. The molecule has 2 bridgehead atoms. The average Bonchev–Trinajstić information content (AvgIpc) is 3.77. The number of ether oxygens (including phenoxy) is 1. The van der Waals surface area contributed by atoms with Crippen LogP contribution in [0, 0.1) is 5.82 Å². The molecule has 6 rings (SSSR count). The van der Waals surface area contributed by atoms with E-state index < -0.39 is 43.8 Å².